The van der Waals surface area contributed by atoms with Crippen LogP contribution in [0.3, 0.4) is 0 Å². The maximum Gasteiger partial charge on any atom is 0.404 e. The lowest BCUT2D eigenvalue weighted by Crippen LogP contribution is -2.20. The Morgan fingerprint density at radius 2 is 1.89 bits per heavy atom. The third-order valence-electron chi connectivity index (χ3n) is 3.83. The van der Waals surface area contributed by atoms with Gasteiger partial charge < -0.3 is 15.5 Å². The van der Waals surface area contributed by atoms with Crippen LogP contribution in [-0.4, -0.2) is 26.3 Å². The Labute approximate surface area is 175 Å². The zero-order valence-electron chi connectivity index (χ0n) is 14.4. The van der Waals surface area contributed by atoms with Crippen LogP contribution in [0.1, 0.15) is 11.1 Å². The molecule has 0 bridgehead atoms. The number of halogens is 2. The van der Waals surface area contributed by atoms with Gasteiger partial charge in [0.25, 0.3) is 0 Å². The Balaban J connectivity index is 2.06. The van der Waals surface area contributed by atoms with Gasteiger partial charge in [0.2, 0.25) is 0 Å². The van der Waals surface area contributed by atoms with Crippen LogP contribution in [0.4, 0.5) is 4.79 Å². The second-order valence-electron chi connectivity index (χ2n) is 5.70. The Hall–Kier alpha value is -2.32. The molecule has 0 spiro atoms. The number of nitrogens with zero attached hydrogens (tertiary/aromatic N) is 2. The molecule has 3 rings (SSSR count). The van der Waals surface area contributed by atoms with E-state index < -0.39 is 6.09 Å². The van der Waals surface area contributed by atoms with Crippen LogP contribution in [0.25, 0.3) is 11.1 Å². The van der Waals surface area contributed by atoms with Crippen molar-refractivity contribution in [2.75, 3.05) is 0 Å². The number of benzene rings is 1. The van der Waals surface area contributed by atoms with Gasteiger partial charge in [-0.25, -0.2) is 14.8 Å². The fourth-order valence-electron chi connectivity index (χ4n) is 2.55. The van der Waals surface area contributed by atoms with Gasteiger partial charge in [0.15, 0.2) is 0 Å². The van der Waals surface area contributed by atoms with Gasteiger partial charge >= 0.3 is 6.09 Å². The molecule has 0 unspecified atom stereocenters. The van der Waals surface area contributed by atoms with E-state index in [-0.39, 0.29) is 13.2 Å². The van der Waals surface area contributed by atoms with Gasteiger partial charge in [-0.3, -0.25) is 0 Å². The maximum absolute atomic E-state index is 11.0. The molecule has 2 heterocycles. The third kappa shape index (κ3) is 4.94. The molecule has 0 aliphatic rings. The molecule has 9 heteroatoms. The smallest absolute Gasteiger partial charge is 0.404 e. The molecule has 28 heavy (non-hydrogen) atoms. The van der Waals surface area contributed by atoms with Crippen molar-refractivity contribution in [1.82, 2.24) is 15.3 Å². The number of hydrogen-bond donors (Lipinski definition) is 3. The van der Waals surface area contributed by atoms with Crippen molar-refractivity contribution in [3.8, 4) is 11.1 Å². The van der Waals surface area contributed by atoms with E-state index >= 15 is 0 Å². The molecule has 0 radical (unpaired) electrons. The van der Waals surface area contributed by atoms with Gasteiger partial charge in [0.1, 0.15) is 10.2 Å². The molecule has 0 saturated heterocycles. The minimum atomic E-state index is -1.14. The molecular formula is C19H15Cl2N3O3S. The van der Waals surface area contributed by atoms with E-state index in [0.717, 1.165) is 11.1 Å². The summed E-state index contributed by atoms with van der Waals surface area (Å²) in [7, 11) is 0. The van der Waals surface area contributed by atoms with Gasteiger partial charge in [-0.1, -0.05) is 41.0 Å². The molecule has 0 atom stereocenters. The molecule has 2 aromatic heterocycles. The van der Waals surface area contributed by atoms with Crippen LogP contribution in [0.2, 0.25) is 10.2 Å². The van der Waals surface area contributed by atoms with E-state index in [9.17, 15) is 9.90 Å². The summed E-state index contributed by atoms with van der Waals surface area (Å²) in [6, 6.07) is 10.6. The Kier molecular flexibility index (Phi) is 6.74. The first kappa shape index (κ1) is 20.4. The second kappa shape index (κ2) is 9.25. The van der Waals surface area contributed by atoms with Crippen molar-refractivity contribution in [2.24, 2.45) is 0 Å². The Bertz CT molecular complexity index is 1020. The fourth-order valence-corrected chi connectivity index (χ4v) is 4.07. The van der Waals surface area contributed by atoms with Crippen molar-refractivity contribution in [2.45, 2.75) is 23.1 Å². The molecule has 144 valence electrons. The van der Waals surface area contributed by atoms with E-state index in [4.69, 9.17) is 28.3 Å². The van der Waals surface area contributed by atoms with Gasteiger partial charge in [0, 0.05) is 29.4 Å². The number of hydrogen-bond acceptors (Lipinski definition) is 5. The van der Waals surface area contributed by atoms with E-state index in [1.165, 1.54) is 11.8 Å². The average molecular weight is 436 g/mol. The van der Waals surface area contributed by atoms with Crippen LogP contribution >= 0.6 is 35.0 Å². The van der Waals surface area contributed by atoms with Gasteiger partial charge in [-0.05, 0) is 47.0 Å². The normalized spacial score (nSPS) is 10.7. The summed E-state index contributed by atoms with van der Waals surface area (Å²) in [4.78, 5) is 19.9. The number of aliphatic hydroxyl groups excluding tert-OH is 1. The number of aliphatic hydroxyl groups is 1. The standard InChI is InChI=1S/C19H15Cl2N3O3S/c20-15-7-13(11-3-5-22-16(21)8-11)6-14(9-24-19(26)27)17(15)28-18-12(10-25)2-1-4-23-18/h1-8,24-25H,9-10H2,(H,26,27). The predicted molar refractivity (Wildman–Crippen MR) is 109 cm³/mol. The number of carbonyl (C=O) groups is 1. The summed E-state index contributed by atoms with van der Waals surface area (Å²) in [5, 5.41) is 22.3. The zero-order chi connectivity index (χ0) is 20.1. The lowest BCUT2D eigenvalue weighted by atomic mass is 10.0. The molecule has 0 aliphatic heterocycles. The number of carboxylic acid groups (broad SMARTS) is 1. The molecule has 3 aromatic rings. The van der Waals surface area contributed by atoms with Gasteiger partial charge in [-0.2, -0.15) is 0 Å². The van der Waals surface area contributed by atoms with Crippen molar-refractivity contribution in [3.63, 3.8) is 0 Å². The van der Waals surface area contributed by atoms with Crippen molar-refractivity contribution < 1.29 is 15.0 Å². The minimum Gasteiger partial charge on any atom is -0.465 e. The van der Waals surface area contributed by atoms with Gasteiger partial charge in [0.05, 0.1) is 11.6 Å². The average Bonchev–Trinajstić information content (AvgIpc) is 2.68. The first-order chi connectivity index (χ1) is 13.5. The second-order valence-corrected chi connectivity index (χ2v) is 7.49. The van der Waals surface area contributed by atoms with Crippen molar-refractivity contribution >= 4 is 41.1 Å². The Morgan fingerprint density at radius 1 is 1.07 bits per heavy atom. The number of aromatic nitrogens is 2. The lowest BCUT2D eigenvalue weighted by molar-refractivity contribution is 0.194. The Morgan fingerprint density at radius 3 is 2.61 bits per heavy atom. The van der Waals surface area contributed by atoms with Gasteiger partial charge in [-0.15, -0.1) is 0 Å². The molecular weight excluding hydrogens is 421 g/mol. The first-order valence-electron chi connectivity index (χ1n) is 8.11. The number of rotatable bonds is 6. The summed E-state index contributed by atoms with van der Waals surface area (Å²) in [6.45, 7) is -0.102. The number of amides is 1. The highest BCUT2D eigenvalue weighted by molar-refractivity contribution is 7.99. The van der Waals surface area contributed by atoms with Crippen LogP contribution in [0.15, 0.2) is 58.7 Å². The molecule has 0 fully saturated rings. The monoisotopic (exact) mass is 435 g/mol. The number of pyridine rings is 2. The fraction of sp³-hybridized carbons (Fsp3) is 0.105. The largest absolute Gasteiger partial charge is 0.465 e. The summed E-state index contributed by atoms with van der Waals surface area (Å²) in [6.07, 6.45) is 2.07. The molecule has 1 aromatic carbocycles. The highest BCUT2D eigenvalue weighted by Crippen LogP contribution is 2.39. The molecule has 3 N–H and O–H groups in total. The highest BCUT2D eigenvalue weighted by Gasteiger charge is 2.16. The SMILES string of the molecule is O=C(O)NCc1cc(-c2ccnc(Cl)c2)cc(Cl)c1Sc1ncccc1CO. The quantitative estimate of drug-likeness (QED) is 0.478. The van der Waals surface area contributed by atoms with Crippen LogP contribution in [-0.2, 0) is 13.2 Å². The van der Waals surface area contributed by atoms with Crippen molar-refractivity contribution in [1.29, 1.82) is 0 Å². The maximum atomic E-state index is 11.0. The topological polar surface area (TPSA) is 95.3 Å². The third-order valence-corrected chi connectivity index (χ3v) is 5.69. The summed E-state index contributed by atoms with van der Waals surface area (Å²) in [5.74, 6) is 0. The first-order valence-corrected chi connectivity index (χ1v) is 9.69. The minimum absolute atomic E-state index is 0.0608. The molecule has 0 aliphatic carbocycles. The summed E-state index contributed by atoms with van der Waals surface area (Å²) >= 11 is 13.8. The number of nitrogens with one attached hydrogen (secondary N) is 1. The van der Waals surface area contributed by atoms with Crippen LogP contribution < -0.4 is 5.32 Å². The van der Waals surface area contributed by atoms with Crippen molar-refractivity contribution in [3.05, 3.63) is 70.1 Å². The van der Waals surface area contributed by atoms with E-state index in [2.05, 4.69) is 15.3 Å². The molecule has 0 saturated carbocycles. The lowest BCUT2D eigenvalue weighted by Gasteiger charge is -2.15. The van der Waals surface area contributed by atoms with Crippen LogP contribution in [0, 0.1) is 0 Å². The molecule has 6 nitrogen and oxygen atoms in total. The highest BCUT2D eigenvalue weighted by atomic mass is 35.5. The van der Waals surface area contributed by atoms with E-state index in [1.807, 2.05) is 6.07 Å². The summed E-state index contributed by atoms with van der Waals surface area (Å²) in [5.41, 5.74) is 2.93. The van der Waals surface area contributed by atoms with E-state index in [1.54, 1.807) is 42.7 Å². The zero-order valence-corrected chi connectivity index (χ0v) is 16.7. The van der Waals surface area contributed by atoms with E-state index in [0.29, 0.717) is 31.2 Å². The predicted octanol–water partition coefficient (Wildman–Crippen LogP) is 4.86. The molecule has 1 amide bonds. The van der Waals surface area contributed by atoms with Crippen LogP contribution in [0.5, 0.6) is 0 Å². The summed E-state index contributed by atoms with van der Waals surface area (Å²) < 4.78 is 0.